The molecule has 0 saturated heterocycles. The summed E-state index contributed by atoms with van der Waals surface area (Å²) in [6, 6.07) is 1.80. The Balaban J connectivity index is 2.91. The largest absolute Gasteiger partial charge is 0.465 e. The zero-order valence-electron chi connectivity index (χ0n) is 7.25. The van der Waals surface area contributed by atoms with E-state index in [9.17, 15) is 4.79 Å². The van der Waals surface area contributed by atoms with Gasteiger partial charge in [-0.25, -0.2) is 4.79 Å². The summed E-state index contributed by atoms with van der Waals surface area (Å²) in [6.45, 7) is 1.85. The molecule has 0 spiro atoms. The minimum atomic E-state index is -0.611. The number of hydrogen-bond acceptors (Lipinski definition) is 5. The van der Waals surface area contributed by atoms with E-state index < -0.39 is 5.97 Å². The number of carbonyl (C=O) groups is 1. The molecule has 1 heterocycles. The summed E-state index contributed by atoms with van der Waals surface area (Å²) in [5, 5.41) is 14.0. The molecule has 1 aliphatic rings. The van der Waals surface area contributed by atoms with Gasteiger partial charge < -0.3 is 10.1 Å². The second-order valence-corrected chi connectivity index (χ2v) is 3.23. The highest BCUT2D eigenvalue weighted by Gasteiger charge is 2.18. The molecule has 13 heavy (non-hydrogen) atoms. The van der Waals surface area contributed by atoms with Gasteiger partial charge in [0.05, 0.1) is 7.11 Å². The van der Waals surface area contributed by atoms with Crippen LogP contribution in [-0.4, -0.2) is 13.1 Å². The molecular formula is C8H8N2O2S. The van der Waals surface area contributed by atoms with Gasteiger partial charge in [0.2, 0.25) is 0 Å². The summed E-state index contributed by atoms with van der Waals surface area (Å²) in [6.07, 6.45) is 0. The van der Waals surface area contributed by atoms with Crippen LogP contribution in [0.1, 0.15) is 6.92 Å². The van der Waals surface area contributed by atoms with Gasteiger partial charge in [0.15, 0.2) is 5.57 Å². The maximum absolute atomic E-state index is 11.1. The lowest BCUT2D eigenvalue weighted by Gasteiger charge is -2.02. The molecule has 0 aromatic rings. The van der Waals surface area contributed by atoms with E-state index in [0.29, 0.717) is 5.03 Å². The van der Waals surface area contributed by atoms with E-state index in [4.69, 9.17) is 5.26 Å². The lowest BCUT2D eigenvalue weighted by molar-refractivity contribution is -0.135. The fourth-order valence-corrected chi connectivity index (χ4v) is 1.62. The Bertz CT molecular complexity index is 339. The van der Waals surface area contributed by atoms with Crippen LogP contribution in [-0.2, 0) is 9.53 Å². The van der Waals surface area contributed by atoms with Crippen LogP contribution in [0.2, 0.25) is 0 Å². The number of nitriles is 1. The van der Waals surface area contributed by atoms with Crippen LogP contribution in [0.5, 0.6) is 0 Å². The van der Waals surface area contributed by atoms with E-state index in [0.717, 1.165) is 5.70 Å². The molecule has 0 fully saturated rings. The molecule has 0 bridgehead atoms. The molecule has 1 N–H and O–H groups in total. The van der Waals surface area contributed by atoms with Gasteiger partial charge in [0.1, 0.15) is 11.1 Å². The summed E-state index contributed by atoms with van der Waals surface area (Å²) < 4.78 is 4.46. The number of carbonyl (C=O) groups excluding carboxylic acids is 1. The monoisotopic (exact) mass is 196 g/mol. The number of esters is 1. The molecule has 1 rings (SSSR count). The van der Waals surface area contributed by atoms with Crippen molar-refractivity contribution in [2.24, 2.45) is 0 Å². The van der Waals surface area contributed by atoms with Crippen molar-refractivity contribution in [1.82, 2.24) is 5.32 Å². The first-order valence-corrected chi connectivity index (χ1v) is 4.40. The molecule has 1 aliphatic heterocycles. The zero-order valence-corrected chi connectivity index (χ0v) is 8.07. The fraction of sp³-hybridized carbons (Fsp3) is 0.250. The van der Waals surface area contributed by atoms with Gasteiger partial charge in [-0.1, -0.05) is 11.8 Å². The molecule has 0 unspecified atom stereocenters. The summed E-state index contributed by atoms with van der Waals surface area (Å²) in [7, 11) is 1.25. The number of thioether (sulfide) groups is 1. The maximum atomic E-state index is 11.1. The van der Waals surface area contributed by atoms with E-state index in [-0.39, 0.29) is 5.57 Å². The average Bonchev–Trinajstić information content (AvgIpc) is 2.53. The SMILES string of the molecule is COC(=O)/C(C#N)=C1\NC(C)=CS1. The van der Waals surface area contributed by atoms with E-state index in [1.165, 1.54) is 18.9 Å². The molecule has 68 valence electrons. The van der Waals surface area contributed by atoms with Crippen molar-refractivity contribution >= 4 is 17.7 Å². The summed E-state index contributed by atoms with van der Waals surface area (Å²) in [5.74, 6) is -0.611. The lowest BCUT2D eigenvalue weighted by Crippen LogP contribution is -2.11. The van der Waals surface area contributed by atoms with Crippen molar-refractivity contribution < 1.29 is 9.53 Å². The van der Waals surface area contributed by atoms with E-state index >= 15 is 0 Å². The number of rotatable bonds is 1. The Morgan fingerprint density at radius 1 is 1.77 bits per heavy atom. The lowest BCUT2D eigenvalue weighted by atomic mass is 10.3. The number of hydrogen-bond donors (Lipinski definition) is 1. The van der Waals surface area contributed by atoms with Crippen LogP contribution < -0.4 is 5.32 Å². The first-order chi connectivity index (χ1) is 6.19. The highest BCUT2D eigenvalue weighted by molar-refractivity contribution is 8.06. The Morgan fingerprint density at radius 2 is 2.46 bits per heavy atom. The van der Waals surface area contributed by atoms with E-state index in [2.05, 4.69) is 10.1 Å². The topological polar surface area (TPSA) is 62.1 Å². The van der Waals surface area contributed by atoms with Gasteiger partial charge >= 0.3 is 5.97 Å². The number of nitrogens with one attached hydrogen (secondary N) is 1. The Morgan fingerprint density at radius 3 is 2.85 bits per heavy atom. The average molecular weight is 196 g/mol. The Kier molecular flexibility index (Phi) is 2.98. The molecule has 0 radical (unpaired) electrons. The molecule has 4 nitrogen and oxygen atoms in total. The molecule has 0 aromatic carbocycles. The van der Waals surface area contributed by atoms with Crippen LogP contribution in [0.3, 0.4) is 0 Å². The van der Waals surface area contributed by atoms with Gasteiger partial charge in [0.25, 0.3) is 0 Å². The van der Waals surface area contributed by atoms with Crippen molar-refractivity contribution in [3.63, 3.8) is 0 Å². The first kappa shape index (κ1) is 9.68. The fourth-order valence-electron chi connectivity index (χ4n) is 0.798. The zero-order chi connectivity index (χ0) is 9.84. The second kappa shape index (κ2) is 4.01. The normalized spacial score (nSPS) is 18.4. The molecule has 0 atom stereocenters. The van der Waals surface area contributed by atoms with Gasteiger partial charge in [0, 0.05) is 5.70 Å². The Labute approximate surface area is 80.2 Å². The third-order valence-corrected chi connectivity index (χ3v) is 2.41. The molecule has 0 amide bonds. The Hall–Kier alpha value is -1.41. The summed E-state index contributed by atoms with van der Waals surface area (Å²) in [5.41, 5.74) is 0.928. The predicted octanol–water partition coefficient (Wildman–Crippen LogP) is 1.09. The van der Waals surface area contributed by atoms with Gasteiger partial charge in [-0.05, 0) is 12.3 Å². The van der Waals surface area contributed by atoms with Crippen molar-refractivity contribution in [3.8, 4) is 6.07 Å². The van der Waals surface area contributed by atoms with E-state index in [1.54, 1.807) is 6.07 Å². The highest BCUT2D eigenvalue weighted by Crippen LogP contribution is 2.26. The number of allylic oxidation sites excluding steroid dienone is 1. The minimum absolute atomic E-state index is 0.0144. The molecule has 0 aromatic heterocycles. The minimum Gasteiger partial charge on any atom is -0.465 e. The van der Waals surface area contributed by atoms with Crippen LogP contribution in [0.25, 0.3) is 0 Å². The molecule has 0 saturated carbocycles. The van der Waals surface area contributed by atoms with Gasteiger partial charge in [-0.15, -0.1) is 0 Å². The summed E-state index contributed by atoms with van der Waals surface area (Å²) in [4.78, 5) is 11.1. The second-order valence-electron chi connectivity index (χ2n) is 2.35. The highest BCUT2D eigenvalue weighted by atomic mass is 32.2. The third-order valence-electron chi connectivity index (χ3n) is 1.39. The van der Waals surface area contributed by atoms with E-state index in [1.807, 2.05) is 12.3 Å². The molecule has 0 aliphatic carbocycles. The smallest absolute Gasteiger partial charge is 0.351 e. The van der Waals surface area contributed by atoms with Crippen LogP contribution in [0.15, 0.2) is 21.7 Å². The van der Waals surface area contributed by atoms with Crippen molar-refractivity contribution in [2.45, 2.75) is 6.92 Å². The van der Waals surface area contributed by atoms with Crippen LogP contribution in [0.4, 0.5) is 0 Å². The van der Waals surface area contributed by atoms with Crippen molar-refractivity contribution in [1.29, 1.82) is 5.26 Å². The van der Waals surface area contributed by atoms with Crippen molar-refractivity contribution in [2.75, 3.05) is 7.11 Å². The van der Waals surface area contributed by atoms with Gasteiger partial charge in [-0.2, -0.15) is 5.26 Å². The number of nitrogens with zero attached hydrogens (tertiary/aromatic N) is 1. The maximum Gasteiger partial charge on any atom is 0.351 e. The van der Waals surface area contributed by atoms with Gasteiger partial charge in [-0.3, -0.25) is 0 Å². The van der Waals surface area contributed by atoms with Crippen LogP contribution in [0, 0.1) is 11.3 Å². The van der Waals surface area contributed by atoms with Crippen LogP contribution >= 0.6 is 11.8 Å². The first-order valence-electron chi connectivity index (χ1n) is 3.52. The predicted molar refractivity (Wildman–Crippen MR) is 49.1 cm³/mol. The standard InChI is InChI=1S/C8H8N2O2S/c1-5-4-13-7(10-5)6(3-9)8(11)12-2/h4,10H,1-2H3/b7-6+. The third kappa shape index (κ3) is 2.04. The summed E-state index contributed by atoms with van der Waals surface area (Å²) >= 11 is 1.31. The molecular weight excluding hydrogens is 188 g/mol. The quantitative estimate of drug-likeness (QED) is 0.386. The number of methoxy groups -OCH3 is 1. The number of ether oxygens (including phenoxy) is 1. The molecule has 5 heteroatoms. The van der Waals surface area contributed by atoms with Crippen molar-refractivity contribution in [3.05, 3.63) is 21.7 Å².